The number of hydrogen-bond donors (Lipinski definition) is 0. The molecule has 2 heterocycles. The third-order valence-electron chi connectivity index (χ3n) is 6.02. The van der Waals surface area contributed by atoms with Crippen LogP contribution in [0.25, 0.3) is 11.0 Å². The summed E-state index contributed by atoms with van der Waals surface area (Å²) in [4.78, 5) is 16.4. The lowest BCUT2D eigenvalue weighted by Crippen LogP contribution is -2.45. The maximum atomic E-state index is 11.5. The highest BCUT2D eigenvalue weighted by Crippen LogP contribution is 2.21. The molecule has 1 saturated heterocycles. The third-order valence-corrected chi connectivity index (χ3v) is 6.02. The van der Waals surface area contributed by atoms with Gasteiger partial charge in [-0.2, -0.15) is 0 Å². The van der Waals surface area contributed by atoms with E-state index in [1.807, 2.05) is 18.2 Å². The first-order valence-corrected chi connectivity index (χ1v) is 10.9. The van der Waals surface area contributed by atoms with Crippen LogP contribution in [0.15, 0.2) is 94.1 Å². The van der Waals surface area contributed by atoms with Crippen LogP contribution in [0.2, 0.25) is 0 Å². The molecule has 0 unspecified atom stereocenters. The average molecular weight is 411 g/mol. The van der Waals surface area contributed by atoms with E-state index >= 15 is 0 Å². The third kappa shape index (κ3) is 4.70. The van der Waals surface area contributed by atoms with Crippen LogP contribution < -0.4 is 10.5 Å². The Bertz CT molecular complexity index is 1210. The van der Waals surface area contributed by atoms with Crippen molar-refractivity contribution in [1.82, 2.24) is 4.90 Å². The minimum atomic E-state index is -0.298. The first-order chi connectivity index (χ1) is 15.2. The second-order valence-electron chi connectivity index (χ2n) is 8.22. The molecule has 1 aliphatic rings. The van der Waals surface area contributed by atoms with E-state index in [-0.39, 0.29) is 5.63 Å². The fraction of sp³-hybridized carbons (Fsp3) is 0.222. The number of fused-ring (bicyclic) bond motifs is 1. The van der Waals surface area contributed by atoms with Crippen molar-refractivity contribution in [2.24, 2.45) is 0 Å². The molecule has 4 aromatic rings. The minimum absolute atomic E-state index is 0.298. The number of benzene rings is 3. The SMILES string of the molecule is O=c1ccc2ccc(CN3CCN(c4ccc(Cc5ccccc5)cc4)CC3)cc2o1. The van der Waals surface area contributed by atoms with Gasteiger partial charge in [0.2, 0.25) is 0 Å². The fourth-order valence-electron chi connectivity index (χ4n) is 4.28. The summed E-state index contributed by atoms with van der Waals surface area (Å²) >= 11 is 0. The van der Waals surface area contributed by atoms with Crippen LogP contribution >= 0.6 is 0 Å². The molecule has 0 amide bonds. The van der Waals surface area contributed by atoms with Gasteiger partial charge in [0.1, 0.15) is 5.58 Å². The maximum Gasteiger partial charge on any atom is 0.336 e. The van der Waals surface area contributed by atoms with E-state index in [2.05, 4.69) is 70.5 Å². The fourth-order valence-corrected chi connectivity index (χ4v) is 4.28. The molecule has 0 N–H and O–H groups in total. The largest absolute Gasteiger partial charge is 0.423 e. The van der Waals surface area contributed by atoms with Crippen LogP contribution in [-0.2, 0) is 13.0 Å². The van der Waals surface area contributed by atoms with Crippen molar-refractivity contribution in [3.8, 4) is 0 Å². The maximum absolute atomic E-state index is 11.5. The summed E-state index contributed by atoms with van der Waals surface area (Å²) in [6.45, 7) is 4.94. The predicted molar refractivity (Wildman–Crippen MR) is 126 cm³/mol. The summed E-state index contributed by atoms with van der Waals surface area (Å²) in [5, 5.41) is 0.962. The Balaban J connectivity index is 1.18. The molecule has 5 rings (SSSR count). The van der Waals surface area contributed by atoms with Gasteiger partial charge in [-0.3, -0.25) is 4.90 Å². The van der Waals surface area contributed by atoms with Crippen LogP contribution in [0.1, 0.15) is 16.7 Å². The van der Waals surface area contributed by atoms with Gasteiger partial charge in [0.15, 0.2) is 0 Å². The molecule has 4 nitrogen and oxygen atoms in total. The van der Waals surface area contributed by atoms with E-state index in [0.29, 0.717) is 5.58 Å². The summed E-state index contributed by atoms with van der Waals surface area (Å²) < 4.78 is 5.33. The molecule has 0 bridgehead atoms. The van der Waals surface area contributed by atoms with Gasteiger partial charge in [0.05, 0.1) is 0 Å². The molecule has 31 heavy (non-hydrogen) atoms. The lowest BCUT2D eigenvalue weighted by atomic mass is 10.0. The van der Waals surface area contributed by atoms with E-state index in [1.165, 1.54) is 28.4 Å². The number of hydrogen-bond acceptors (Lipinski definition) is 4. The van der Waals surface area contributed by atoms with Gasteiger partial charge in [0.25, 0.3) is 0 Å². The smallest absolute Gasteiger partial charge is 0.336 e. The highest BCUT2D eigenvalue weighted by atomic mass is 16.4. The Kier molecular flexibility index (Phi) is 5.55. The Labute approximate surface area is 182 Å². The monoisotopic (exact) mass is 410 g/mol. The van der Waals surface area contributed by atoms with Gasteiger partial charge in [-0.15, -0.1) is 0 Å². The lowest BCUT2D eigenvalue weighted by Gasteiger charge is -2.36. The van der Waals surface area contributed by atoms with Gasteiger partial charge in [-0.25, -0.2) is 4.79 Å². The Morgan fingerprint density at radius 3 is 2.16 bits per heavy atom. The van der Waals surface area contributed by atoms with E-state index in [4.69, 9.17) is 4.42 Å². The molecular formula is C27H26N2O2. The van der Waals surface area contributed by atoms with E-state index in [0.717, 1.165) is 44.5 Å². The van der Waals surface area contributed by atoms with Crippen molar-refractivity contribution in [2.75, 3.05) is 31.1 Å². The van der Waals surface area contributed by atoms with Crippen molar-refractivity contribution in [3.05, 3.63) is 112 Å². The number of rotatable bonds is 5. The lowest BCUT2D eigenvalue weighted by molar-refractivity contribution is 0.250. The van der Waals surface area contributed by atoms with Crippen molar-refractivity contribution >= 4 is 16.7 Å². The summed E-state index contributed by atoms with van der Waals surface area (Å²) in [5.74, 6) is 0. The molecular weight excluding hydrogens is 384 g/mol. The zero-order valence-corrected chi connectivity index (χ0v) is 17.5. The normalized spacial score (nSPS) is 14.8. The zero-order chi connectivity index (χ0) is 21.0. The molecule has 0 atom stereocenters. The second kappa shape index (κ2) is 8.78. The van der Waals surface area contributed by atoms with Gasteiger partial charge in [0, 0.05) is 49.9 Å². The van der Waals surface area contributed by atoms with Gasteiger partial charge >= 0.3 is 5.63 Å². The van der Waals surface area contributed by atoms with E-state index in [1.54, 1.807) is 0 Å². The molecule has 4 heteroatoms. The molecule has 0 spiro atoms. The average Bonchev–Trinajstić information content (AvgIpc) is 2.81. The number of anilines is 1. The summed E-state index contributed by atoms with van der Waals surface area (Å²) in [6, 6.07) is 29.0. The Morgan fingerprint density at radius 2 is 1.39 bits per heavy atom. The van der Waals surface area contributed by atoms with Crippen molar-refractivity contribution < 1.29 is 4.42 Å². The topological polar surface area (TPSA) is 36.7 Å². The highest BCUT2D eigenvalue weighted by molar-refractivity contribution is 5.76. The molecule has 1 aromatic heterocycles. The summed E-state index contributed by atoms with van der Waals surface area (Å²) in [6.07, 6.45) is 0.973. The van der Waals surface area contributed by atoms with Crippen molar-refractivity contribution in [3.63, 3.8) is 0 Å². The zero-order valence-electron chi connectivity index (χ0n) is 17.5. The Morgan fingerprint density at radius 1 is 0.710 bits per heavy atom. The van der Waals surface area contributed by atoms with Crippen LogP contribution in [0.4, 0.5) is 5.69 Å². The number of nitrogens with zero attached hydrogens (tertiary/aromatic N) is 2. The second-order valence-corrected chi connectivity index (χ2v) is 8.22. The van der Waals surface area contributed by atoms with Gasteiger partial charge in [-0.1, -0.05) is 54.6 Å². The predicted octanol–water partition coefficient (Wildman–Crippen LogP) is 4.71. The van der Waals surface area contributed by atoms with Crippen LogP contribution in [-0.4, -0.2) is 31.1 Å². The minimum Gasteiger partial charge on any atom is -0.423 e. The van der Waals surface area contributed by atoms with Crippen molar-refractivity contribution in [1.29, 1.82) is 0 Å². The van der Waals surface area contributed by atoms with Crippen LogP contribution in [0, 0.1) is 0 Å². The number of piperazine rings is 1. The summed E-state index contributed by atoms with van der Waals surface area (Å²) in [7, 11) is 0. The summed E-state index contributed by atoms with van der Waals surface area (Å²) in [5.41, 5.74) is 5.53. The van der Waals surface area contributed by atoms with Gasteiger partial charge < -0.3 is 9.32 Å². The molecule has 0 saturated carbocycles. The van der Waals surface area contributed by atoms with E-state index in [9.17, 15) is 4.79 Å². The quantitative estimate of drug-likeness (QED) is 0.447. The van der Waals surface area contributed by atoms with E-state index < -0.39 is 0 Å². The first kappa shape index (κ1) is 19.6. The highest BCUT2D eigenvalue weighted by Gasteiger charge is 2.17. The molecule has 1 fully saturated rings. The Hall–Kier alpha value is -3.37. The van der Waals surface area contributed by atoms with Crippen molar-refractivity contribution in [2.45, 2.75) is 13.0 Å². The molecule has 1 aliphatic heterocycles. The van der Waals surface area contributed by atoms with Gasteiger partial charge in [-0.05, 0) is 47.4 Å². The molecule has 156 valence electrons. The molecule has 0 radical (unpaired) electrons. The van der Waals surface area contributed by atoms with Crippen LogP contribution in [0.3, 0.4) is 0 Å². The standard InChI is InChI=1S/C27H26N2O2/c30-27-13-10-24-9-6-23(19-26(24)31-27)20-28-14-16-29(17-15-28)25-11-7-22(8-12-25)18-21-4-2-1-3-5-21/h1-13,19H,14-18,20H2. The molecule has 0 aliphatic carbocycles. The molecule has 3 aromatic carbocycles. The first-order valence-electron chi connectivity index (χ1n) is 10.9. The van der Waals surface area contributed by atoms with Crippen LogP contribution in [0.5, 0.6) is 0 Å².